The second-order valence-corrected chi connectivity index (χ2v) is 5.87. The fraction of sp³-hybridized carbons (Fsp3) is 0.588. The molecular formula is C17H25ClF2N2O2. The molecule has 2 rings (SSSR count). The van der Waals surface area contributed by atoms with E-state index in [1.54, 1.807) is 12.0 Å². The van der Waals surface area contributed by atoms with Crippen molar-refractivity contribution < 1.29 is 18.3 Å². The number of halogens is 3. The smallest absolute Gasteiger partial charge is 0.237 e. The Morgan fingerprint density at radius 1 is 1.33 bits per heavy atom. The van der Waals surface area contributed by atoms with Crippen LogP contribution < -0.4 is 5.32 Å². The third-order valence-electron chi connectivity index (χ3n) is 4.19. The summed E-state index contributed by atoms with van der Waals surface area (Å²) in [7, 11) is 1.60. The van der Waals surface area contributed by atoms with Crippen LogP contribution in [-0.2, 0) is 16.1 Å². The molecular weight excluding hydrogens is 338 g/mol. The van der Waals surface area contributed by atoms with E-state index in [2.05, 4.69) is 5.32 Å². The molecule has 0 unspecified atom stereocenters. The van der Waals surface area contributed by atoms with E-state index in [4.69, 9.17) is 4.74 Å². The zero-order chi connectivity index (χ0) is 16.7. The molecule has 1 fully saturated rings. The zero-order valence-electron chi connectivity index (χ0n) is 13.9. The zero-order valence-corrected chi connectivity index (χ0v) is 14.7. The van der Waals surface area contributed by atoms with Gasteiger partial charge in [0.05, 0.1) is 13.2 Å². The summed E-state index contributed by atoms with van der Waals surface area (Å²) in [6.07, 6.45) is 3.97. The van der Waals surface area contributed by atoms with Crippen molar-refractivity contribution in [2.45, 2.75) is 38.3 Å². The van der Waals surface area contributed by atoms with Gasteiger partial charge in [-0.05, 0) is 31.0 Å². The first kappa shape index (κ1) is 20.8. The summed E-state index contributed by atoms with van der Waals surface area (Å²) in [5.41, 5.74) is 0.224. The van der Waals surface area contributed by atoms with Crippen molar-refractivity contribution in [3.63, 3.8) is 0 Å². The van der Waals surface area contributed by atoms with E-state index < -0.39 is 11.6 Å². The van der Waals surface area contributed by atoms with Gasteiger partial charge in [0.2, 0.25) is 5.91 Å². The fourth-order valence-corrected chi connectivity index (χ4v) is 2.96. The van der Waals surface area contributed by atoms with Crippen LogP contribution in [0.15, 0.2) is 18.2 Å². The molecule has 1 aliphatic rings. The number of carbonyl (C=O) groups is 1. The first-order valence-electron chi connectivity index (χ1n) is 8.05. The van der Waals surface area contributed by atoms with Crippen molar-refractivity contribution in [2.75, 3.05) is 26.8 Å². The molecule has 1 N–H and O–H groups in total. The average molecular weight is 363 g/mol. The minimum atomic E-state index is -0.488. The second kappa shape index (κ2) is 10.6. The molecule has 1 aromatic rings. The Balaban J connectivity index is 0.00000288. The van der Waals surface area contributed by atoms with E-state index in [1.807, 2.05) is 0 Å². The highest BCUT2D eigenvalue weighted by Gasteiger charge is 2.27. The molecule has 7 heteroatoms. The molecule has 1 aliphatic carbocycles. The standard InChI is InChI=1S/C17H24F2N2O2.ClH/c1-23-9-8-20-11-17(22)21(15-4-2-3-5-15)12-13-10-14(18)6-7-16(13)19;/h6-7,10,15,20H,2-5,8-9,11-12H2,1H3;1H. The molecule has 0 radical (unpaired) electrons. The molecule has 0 bridgehead atoms. The molecule has 0 heterocycles. The maximum Gasteiger partial charge on any atom is 0.237 e. The van der Waals surface area contributed by atoms with E-state index >= 15 is 0 Å². The fourth-order valence-electron chi connectivity index (χ4n) is 2.96. The molecule has 1 aromatic carbocycles. The van der Waals surface area contributed by atoms with Crippen LogP contribution in [0, 0.1) is 11.6 Å². The van der Waals surface area contributed by atoms with Crippen molar-refractivity contribution in [2.24, 2.45) is 0 Å². The molecule has 0 spiro atoms. The molecule has 24 heavy (non-hydrogen) atoms. The lowest BCUT2D eigenvalue weighted by molar-refractivity contribution is -0.133. The number of hydrogen-bond donors (Lipinski definition) is 1. The maximum atomic E-state index is 13.9. The summed E-state index contributed by atoms with van der Waals surface area (Å²) >= 11 is 0. The monoisotopic (exact) mass is 362 g/mol. The Morgan fingerprint density at radius 3 is 2.71 bits per heavy atom. The quantitative estimate of drug-likeness (QED) is 0.723. The summed E-state index contributed by atoms with van der Waals surface area (Å²) in [5, 5.41) is 3.02. The number of hydrogen-bond acceptors (Lipinski definition) is 3. The Bertz CT molecular complexity index is 525. The first-order valence-corrected chi connectivity index (χ1v) is 8.05. The van der Waals surface area contributed by atoms with Crippen molar-refractivity contribution in [1.29, 1.82) is 0 Å². The lowest BCUT2D eigenvalue weighted by Crippen LogP contribution is -2.43. The number of amides is 1. The minimum Gasteiger partial charge on any atom is -0.383 e. The van der Waals surface area contributed by atoms with E-state index in [0.717, 1.165) is 37.8 Å². The van der Waals surface area contributed by atoms with Gasteiger partial charge in [-0.25, -0.2) is 8.78 Å². The van der Waals surface area contributed by atoms with Gasteiger partial charge >= 0.3 is 0 Å². The summed E-state index contributed by atoms with van der Waals surface area (Å²) in [4.78, 5) is 14.2. The summed E-state index contributed by atoms with van der Waals surface area (Å²) in [6, 6.07) is 3.48. The lowest BCUT2D eigenvalue weighted by atomic mass is 10.1. The third-order valence-corrected chi connectivity index (χ3v) is 4.19. The Kier molecular flexibility index (Phi) is 9.18. The molecule has 0 aromatic heterocycles. The number of rotatable bonds is 8. The predicted molar refractivity (Wildman–Crippen MR) is 91.2 cm³/mol. The van der Waals surface area contributed by atoms with Gasteiger partial charge < -0.3 is 15.0 Å². The maximum absolute atomic E-state index is 13.9. The van der Waals surface area contributed by atoms with Crippen LogP contribution in [0.1, 0.15) is 31.2 Å². The van der Waals surface area contributed by atoms with Gasteiger partial charge in [-0.15, -0.1) is 12.4 Å². The predicted octanol–water partition coefficient (Wildman–Crippen LogP) is 2.89. The van der Waals surface area contributed by atoms with Crippen molar-refractivity contribution >= 4 is 18.3 Å². The summed E-state index contributed by atoms with van der Waals surface area (Å²) in [5.74, 6) is -1.05. The van der Waals surface area contributed by atoms with Crippen LogP contribution >= 0.6 is 12.4 Å². The number of methoxy groups -OCH3 is 1. The van der Waals surface area contributed by atoms with Gasteiger partial charge in [0.1, 0.15) is 11.6 Å². The third kappa shape index (κ3) is 6.00. The van der Waals surface area contributed by atoms with Gasteiger partial charge in [0, 0.05) is 31.8 Å². The lowest BCUT2D eigenvalue weighted by Gasteiger charge is -2.29. The van der Waals surface area contributed by atoms with Crippen LogP contribution in [0.2, 0.25) is 0 Å². The molecule has 4 nitrogen and oxygen atoms in total. The van der Waals surface area contributed by atoms with E-state index in [9.17, 15) is 13.6 Å². The van der Waals surface area contributed by atoms with Crippen LogP contribution in [-0.4, -0.2) is 43.7 Å². The second-order valence-electron chi connectivity index (χ2n) is 5.87. The Morgan fingerprint density at radius 2 is 2.04 bits per heavy atom. The number of ether oxygens (including phenoxy) is 1. The van der Waals surface area contributed by atoms with Gasteiger partial charge in [-0.2, -0.15) is 0 Å². The normalized spacial score (nSPS) is 14.5. The molecule has 1 amide bonds. The summed E-state index contributed by atoms with van der Waals surface area (Å²) in [6.45, 7) is 1.39. The number of nitrogens with one attached hydrogen (secondary N) is 1. The van der Waals surface area contributed by atoms with Gasteiger partial charge in [0.25, 0.3) is 0 Å². The van der Waals surface area contributed by atoms with E-state index in [0.29, 0.717) is 13.2 Å². The minimum absolute atomic E-state index is 0. The highest BCUT2D eigenvalue weighted by molar-refractivity contribution is 5.85. The molecule has 136 valence electrons. The van der Waals surface area contributed by atoms with E-state index in [1.165, 1.54) is 6.07 Å². The van der Waals surface area contributed by atoms with Crippen LogP contribution in [0.3, 0.4) is 0 Å². The molecule has 0 atom stereocenters. The summed E-state index contributed by atoms with van der Waals surface area (Å²) < 4.78 is 32.2. The van der Waals surface area contributed by atoms with Crippen LogP contribution in [0.5, 0.6) is 0 Å². The van der Waals surface area contributed by atoms with Crippen LogP contribution in [0.25, 0.3) is 0 Å². The Labute approximate surface area is 148 Å². The van der Waals surface area contributed by atoms with Gasteiger partial charge in [-0.3, -0.25) is 4.79 Å². The highest BCUT2D eigenvalue weighted by atomic mass is 35.5. The highest BCUT2D eigenvalue weighted by Crippen LogP contribution is 2.25. The van der Waals surface area contributed by atoms with Crippen molar-refractivity contribution in [3.05, 3.63) is 35.4 Å². The van der Waals surface area contributed by atoms with Crippen molar-refractivity contribution in [1.82, 2.24) is 10.2 Å². The Hall–Kier alpha value is -1.24. The van der Waals surface area contributed by atoms with E-state index in [-0.39, 0.29) is 43.0 Å². The number of carbonyl (C=O) groups excluding carboxylic acids is 1. The number of benzene rings is 1. The molecule has 0 saturated heterocycles. The molecule has 1 saturated carbocycles. The molecule has 0 aliphatic heterocycles. The SMILES string of the molecule is COCCNCC(=O)N(Cc1cc(F)ccc1F)C1CCCC1.Cl. The van der Waals surface area contributed by atoms with Gasteiger partial charge in [-0.1, -0.05) is 12.8 Å². The first-order chi connectivity index (χ1) is 11.1. The van der Waals surface area contributed by atoms with Crippen molar-refractivity contribution in [3.8, 4) is 0 Å². The topological polar surface area (TPSA) is 41.6 Å². The number of nitrogens with zero attached hydrogens (tertiary/aromatic N) is 1. The largest absolute Gasteiger partial charge is 0.383 e. The van der Waals surface area contributed by atoms with Crippen LogP contribution in [0.4, 0.5) is 8.78 Å². The average Bonchev–Trinajstić information content (AvgIpc) is 3.06. The van der Waals surface area contributed by atoms with Gasteiger partial charge in [0.15, 0.2) is 0 Å².